The summed E-state index contributed by atoms with van der Waals surface area (Å²) in [5.41, 5.74) is -0.174. The maximum Gasteiger partial charge on any atom is 0.275 e. The minimum absolute atomic E-state index is 0.00657. The molecule has 0 saturated carbocycles. The van der Waals surface area contributed by atoms with Crippen molar-refractivity contribution in [2.75, 3.05) is 6.54 Å². The fourth-order valence-electron chi connectivity index (χ4n) is 1.35. The number of nitro groups is 1. The van der Waals surface area contributed by atoms with E-state index in [1.54, 1.807) is 6.92 Å². The smallest absolute Gasteiger partial charge is 0.258 e. The fourth-order valence-corrected chi connectivity index (χ4v) is 2.80. The Morgan fingerprint density at radius 3 is 2.65 bits per heavy atom. The molecule has 1 N–H and O–H groups in total. The van der Waals surface area contributed by atoms with Crippen molar-refractivity contribution in [1.29, 1.82) is 5.26 Å². The number of hydrogen-bond donors (Lipinski definition) is 1. The molecule has 0 amide bonds. The lowest BCUT2D eigenvalue weighted by atomic mass is 10.2. The molecule has 0 aliphatic rings. The maximum atomic E-state index is 12.0. The average molecular weight is 318 g/mol. The highest BCUT2D eigenvalue weighted by Gasteiger charge is 2.22. The van der Waals surface area contributed by atoms with Crippen LogP contribution < -0.4 is 4.72 Å². The zero-order valence-electron chi connectivity index (χ0n) is 10.8. The molecular weight excluding hydrogens is 306 g/mol. The number of benzene rings is 1. The molecule has 0 aliphatic carbocycles. The highest BCUT2D eigenvalue weighted by molar-refractivity contribution is 7.89. The summed E-state index contributed by atoms with van der Waals surface area (Å²) in [7, 11) is -3.95. The van der Waals surface area contributed by atoms with Gasteiger partial charge in [0.15, 0.2) is 0 Å². The minimum atomic E-state index is -3.95. The Morgan fingerprint density at radius 1 is 1.55 bits per heavy atom. The largest absolute Gasteiger partial charge is 0.275 e. The standard InChI is InChI=1S/C11H12ClN3O4S/c1-7(5-13)6-14-20(18,19)9-3-10(12)8(2)11(4-9)15(16)17/h3-4,7,14H,6H2,1-2H3. The number of nitrogens with zero attached hydrogens (tertiary/aromatic N) is 2. The summed E-state index contributed by atoms with van der Waals surface area (Å²) >= 11 is 5.81. The molecule has 1 aromatic rings. The van der Waals surface area contributed by atoms with Crippen LogP contribution in [0.5, 0.6) is 0 Å². The van der Waals surface area contributed by atoms with Crippen LogP contribution in [0.1, 0.15) is 12.5 Å². The Balaban J connectivity index is 3.20. The molecule has 0 heterocycles. The third-order valence-corrected chi connectivity index (χ3v) is 4.39. The Kier molecular flexibility index (Phi) is 5.05. The van der Waals surface area contributed by atoms with E-state index in [1.165, 1.54) is 6.92 Å². The van der Waals surface area contributed by atoms with Crippen LogP contribution in [0.2, 0.25) is 5.02 Å². The second-order valence-electron chi connectivity index (χ2n) is 4.19. The quantitative estimate of drug-likeness (QED) is 0.659. The van der Waals surface area contributed by atoms with E-state index in [1.807, 2.05) is 6.07 Å². The highest BCUT2D eigenvalue weighted by Crippen LogP contribution is 2.29. The highest BCUT2D eigenvalue weighted by atomic mass is 35.5. The van der Waals surface area contributed by atoms with Crippen LogP contribution in [-0.4, -0.2) is 19.9 Å². The van der Waals surface area contributed by atoms with E-state index < -0.39 is 20.9 Å². The number of sulfonamides is 1. The summed E-state index contributed by atoms with van der Waals surface area (Å²) in [5, 5.41) is 19.5. The van der Waals surface area contributed by atoms with Crippen molar-refractivity contribution >= 4 is 27.3 Å². The van der Waals surface area contributed by atoms with Crippen molar-refractivity contribution in [3.63, 3.8) is 0 Å². The molecule has 0 aliphatic heterocycles. The van der Waals surface area contributed by atoms with Crippen LogP contribution in [0.3, 0.4) is 0 Å². The molecule has 7 nitrogen and oxygen atoms in total. The van der Waals surface area contributed by atoms with E-state index in [9.17, 15) is 18.5 Å². The molecule has 1 rings (SSSR count). The summed E-state index contributed by atoms with van der Waals surface area (Å²) in [4.78, 5) is 9.86. The molecule has 0 saturated heterocycles. The zero-order valence-corrected chi connectivity index (χ0v) is 12.3. The fraction of sp³-hybridized carbons (Fsp3) is 0.364. The predicted octanol–water partition coefficient (Wildman–Crippen LogP) is 1.99. The van der Waals surface area contributed by atoms with E-state index in [-0.39, 0.29) is 27.7 Å². The van der Waals surface area contributed by atoms with Crippen LogP contribution in [0.15, 0.2) is 17.0 Å². The molecule has 1 aromatic carbocycles. The molecule has 0 spiro atoms. The number of nitro benzene ring substituents is 1. The molecule has 20 heavy (non-hydrogen) atoms. The van der Waals surface area contributed by atoms with E-state index in [2.05, 4.69) is 4.72 Å². The van der Waals surface area contributed by atoms with E-state index in [0.717, 1.165) is 12.1 Å². The maximum absolute atomic E-state index is 12.0. The second-order valence-corrected chi connectivity index (χ2v) is 6.36. The number of rotatable bonds is 5. The van der Waals surface area contributed by atoms with Gasteiger partial charge in [-0.2, -0.15) is 5.26 Å². The third kappa shape index (κ3) is 3.66. The van der Waals surface area contributed by atoms with Gasteiger partial charge in [-0.1, -0.05) is 11.6 Å². The zero-order chi connectivity index (χ0) is 15.5. The molecule has 0 radical (unpaired) electrons. The Morgan fingerprint density at radius 2 is 2.15 bits per heavy atom. The first-order valence-corrected chi connectivity index (χ1v) is 7.39. The second kappa shape index (κ2) is 6.17. The lowest BCUT2D eigenvalue weighted by Gasteiger charge is -2.09. The number of nitriles is 1. The lowest BCUT2D eigenvalue weighted by molar-refractivity contribution is -0.385. The van der Waals surface area contributed by atoms with Gasteiger partial charge in [-0.15, -0.1) is 0 Å². The van der Waals surface area contributed by atoms with Gasteiger partial charge < -0.3 is 0 Å². The molecule has 0 fully saturated rings. The van der Waals surface area contributed by atoms with Crippen LogP contribution >= 0.6 is 11.6 Å². The van der Waals surface area contributed by atoms with Crippen molar-refractivity contribution in [2.45, 2.75) is 18.7 Å². The van der Waals surface area contributed by atoms with Gasteiger partial charge in [-0.05, 0) is 19.9 Å². The first kappa shape index (κ1) is 16.4. The van der Waals surface area contributed by atoms with Crippen molar-refractivity contribution in [1.82, 2.24) is 4.72 Å². The van der Waals surface area contributed by atoms with Gasteiger partial charge in [-0.25, -0.2) is 13.1 Å². The Bertz CT molecular complexity index is 682. The topological polar surface area (TPSA) is 113 Å². The normalized spacial score (nSPS) is 12.7. The molecule has 0 aromatic heterocycles. The molecule has 108 valence electrons. The van der Waals surface area contributed by atoms with Crippen molar-refractivity contribution in [3.8, 4) is 6.07 Å². The van der Waals surface area contributed by atoms with Crippen LogP contribution in [0, 0.1) is 34.3 Å². The van der Waals surface area contributed by atoms with Gasteiger partial charge in [0, 0.05) is 18.2 Å². The van der Waals surface area contributed by atoms with Crippen LogP contribution in [0.25, 0.3) is 0 Å². The van der Waals surface area contributed by atoms with Gasteiger partial charge in [0.05, 0.1) is 26.8 Å². The van der Waals surface area contributed by atoms with Gasteiger partial charge in [-0.3, -0.25) is 10.1 Å². The van der Waals surface area contributed by atoms with Crippen molar-refractivity contribution in [2.24, 2.45) is 5.92 Å². The summed E-state index contributed by atoms with van der Waals surface area (Å²) in [6.07, 6.45) is 0. The van der Waals surface area contributed by atoms with Gasteiger partial charge in [0.25, 0.3) is 5.69 Å². The van der Waals surface area contributed by atoms with E-state index in [4.69, 9.17) is 16.9 Å². The summed E-state index contributed by atoms with van der Waals surface area (Å²) in [6.45, 7) is 2.90. The summed E-state index contributed by atoms with van der Waals surface area (Å²) in [6, 6.07) is 3.96. The SMILES string of the molecule is Cc1c(Cl)cc(S(=O)(=O)NCC(C)C#N)cc1[N+](=O)[O-]. The minimum Gasteiger partial charge on any atom is -0.258 e. The van der Waals surface area contributed by atoms with E-state index >= 15 is 0 Å². The summed E-state index contributed by atoms with van der Waals surface area (Å²) in [5.74, 6) is -0.513. The van der Waals surface area contributed by atoms with Crippen LogP contribution in [0.4, 0.5) is 5.69 Å². The molecular formula is C11H12ClN3O4S. The molecule has 1 unspecified atom stereocenters. The van der Waals surface area contributed by atoms with Crippen molar-refractivity contribution in [3.05, 3.63) is 32.8 Å². The van der Waals surface area contributed by atoms with Crippen molar-refractivity contribution < 1.29 is 13.3 Å². The van der Waals surface area contributed by atoms with Crippen LogP contribution in [-0.2, 0) is 10.0 Å². The molecule has 9 heteroatoms. The Labute approximate surface area is 121 Å². The predicted molar refractivity (Wildman–Crippen MR) is 72.8 cm³/mol. The average Bonchev–Trinajstić information content (AvgIpc) is 2.38. The van der Waals surface area contributed by atoms with E-state index in [0.29, 0.717) is 0 Å². The third-order valence-electron chi connectivity index (χ3n) is 2.60. The number of hydrogen-bond acceptors (Lipinski definition) is 5. The summed E-state index contributed by atoms with van der Waals surface area (Å²) < 4.78 is 26.2. The monoisotopic (exact) mass is 317 g/mol. The lowest BCUT2D eigenvalue weighted by Crippen LogP contribution is -2.28. The van der Waals surface area contributed by atoms with Gasteiger partial charge in [0.2, 0.25) is 10.0 Å². The van der Waals surface area contributed by atoms with Gasteiger partial charge in [0.1, 0.15) is 0 Å². The molecule has 1 atom stereocenters. The number of halogens is 1. The first-order chi connectivity index (χ1) is 9.19. The van der Waals surface area contributed by atoms with Gasteiger partial charge >= 0.3 is 0 Å². The molecule has 0 bridgehead atoms. The Hall–Kier alpha value is -1.69. The first-order valence-electron chi connectivity index (χ1n) is 5.53. The number of nitrogens with one attached hydrogen (secondary N) is 1.